The molecule has 0 spiro atoms. The minimum atomic E-state index is -0.578. The number of benzene rings is 2. The van der Waals surface area contributed by atoms with Crippen LogP contribution < -0.4 is 9.63 Å². The molecular weight excluding hydrogens is 454 g/mol. The maximum atomic E-state index is 13.2. The zero-order chi connectivity index (χ0) is 25.2. The van der Waals surface area contributed by atoms with Crippen molar-refractivity contribution in [1.29, 1.82) is 10.5 Å². The fourth-order valence-corrected chi connectivity index (χ4v) is 4.13. The van der Waals surface area contributed by atoms with E-state index < -0.39 is 11.8 Å². The molecule has 0 unspecified atom stereocenters. The molecule has 1 aliphatic carbocycles. The number of pyridine rings is 1. The van der Waals surface area contributed by atoms with Gasteiger partial charge in [0.2, 0.25) is 0 Å². The van der Waals surface area contributed by atoms with Crippen LogP contribution in [-0.4, -0.2) is 16.7 Å². The van der Waals surface area contributed by atoms with E-state index in [1.54, 1.807) is 54.6 Å². The van der Waals surface area contributed by atoms with Gasteiger partial charge in [0, 0.05) is 34.9 Å². The van der Waals surface area contributed by atoms with Gasteiger partial charge in [0.05, 0.1) is 23.3 Å². The van der Waals surface area contributed by atoms with E-state index in [4.69, 9.17) is 0 Å². The monoisotopic (exact) mass is 471 g/mol. The molecule has 2 heterocycles. The molecule has 0 N–H and O–H groups in total. The van der Waals surface area contributed by atoms with Crippen molar-refractivity contribution in [3.05, 3.63) is 130 Å². The van der Waals surface area contributed by atoms with Gasteiger partial charge in [0.25, 0.3) is 11.8 Å². The summed E-state index contributed by atoms with van der Waals surface area (Å²) in [6.45, 7) is 0. The van der Waals surface area contributed by atoms with Crippen molar-refractivity contribution in [2.45, 2.75) is 6.42 Å². The second-order valence-corrected chi connectivity index (χ2v) is 8.13. The number of nitriles is 2. The Hall–Kier alpha value is -5.47. The molecule has 5 rings (SSSR count). The SMILES string of the molecule is N#Cc1ccc(N(C2=CCC3=CN(C(=O)c4ccc[n+]([O-])c4)C(=O)C3=C2)c2ccc(C#N)cc2)cc1. The highest BCUT2D eigenvalue weighted by molar-refractivity contribution is 6.15. The first kappa shape index (κ1) is 22.3. The van der Waals surface area contributed by atoms with Crippen molar-refractivity contribution in [3.8, 4) is 12.1 Å². The first-order chi connectivity index (χ1) is 17.5. The van der Waals surface area contributed by atoms with Gasteiger partial charge in [-0.2, -0.15) is 15.3 Å². The minimum absolute atomic E-state index is 0.113. The number of aromatic nitrogens is 1. The average Bonchev–Trinajstić information content (AvgIpc) is 3.25. The fraction of sp³-hybridized carbons (Fsp3) is 0.0357. The van der Waals surface area contributed by atoms with Gasteiger partial charge >= 0.3 is 0 Å². The van der Waals surface area contributed by atoms with Crippen molar-refractivity contribution >= 4 is 23.2 Å². The Labute approximate surface area is 206 Å². The minimum Gasteiger partial charge on any atom is -0.619 e. The number of nitrogens with zero attached hydrogens (tertiary/aromatic N) is 5. The van der Waals surface area contributed by atoms with E-state index in [1.165, 1.54) is 24.5 Å². The highest BCUT2D eigenvalue weighted by Gasteiger charge is 2.35. The van der Waals surface area contributed by atoms with E-state index in [-0.39, 0.29) is 5.56 Å². The van der Waals surface area contributed by atoms with E-state index in [0.717, 1.165) is 22.5 Å². The number of anilines is 2. The van der Waals surface area contributed by atoms with Gasteiger partial charge in [-0.1, -0.05) is 6.08 Å². The molecule has 8 nitrogen and oxygen atoms in total. The number of carbonyl (C=O) groups is 2. The van der Waals surface area contributed by atoms with Gasteiger partial charge in [-0.25, -0.2) is 4.90 Å². The Morgan fingerprint density at radius 2 is 1.58 bits per heavy atom. The van der Waals surface area contributed by atoms with Crippen molar-refractivity contribution < 1.29 is 14.3 Å². The van der Waals surface area contributed by atoms with Crippen molar-refractivity contribution in [2.24, 2.45) is 0 Å². The normalized spacial score (nSPS) is 14.1. The molecule has 8 heteroatoms. The molecule has 0 saturated carbocycles. The van der Waals surface area contributed by atoms with Crippen LogP contribution in [0, 0.1) is 27.9 Å². The number of hydrogen-bond donors (Lipinski definition) is 0. The molecule has 36 heavy (non-hydrogen) atoms. The van der Waals surface area contributed by atoms with E-state index in [2.05, 4.69) is 12.1 Å². The smallest absolute Gasteiger partial charge is 0.270 e. The predicted octanol–water partition coefficient (Wildman–Crippen LogP) is 3.98. The summed E-state index contributed by atoms with van der Waals surface area (Å²) in [6, 6.07) is 21.2. The van der Waals surface area contributed by atoms with Crippen molar-refractivity contribution in [3.63, 3.8) is 0 Å². The molecule has 2 aromatic carbocycles. The maximum Gasteiger partial charge on any atom is 0.270 e. The Balaban J connectivity index is 1.51. The topological polar surface area (TPSA) is 115 Å². The highest BCUT2D eigenvalue weighted by atomic mass is 16.5. The molecule has 0 saturated heterocycles. The summed E-state index contributed by atoms with van der Waals surface area (Å²) in [5.74, 6) is -1.05. The largest absolute Gasteiger partial charge is 0.619 e. The number of rotatable bonds is 4. The third kappa shape index (κ3) is 4.00. The van der Waals surface area contributed by atoms with Crippen LogP contribution in [0.2, 0.25) is 0 Å². The summed E-state index contributed by atoms with van der Waals surface area (Å²) in [7, 11) is 0. The Morgan fingerprint density at radius 3 is 2.14 bits per heavy atom. The number of carbonyl (C=O) groups excluding carboxylic acids is 2. The third-order valence-corrected chi connectivity index (χ3v) is 5.91. The standard InChI is InChI=1S/C28H17N5O3/c29-15-19-3-8-23(9-4-19)33(24-10-5-20(16-30)6-11-24)25-12-7-21-18-32(28(35)26(21)14-25)27(34)22-2-1-13-31(36)17-22/h1-6,8-14,17-18H,7H2. The molecule has 1 aromatic heterocycles. The predicted molar refractivity (Wildman–Crippen MR) is 130 cm³/mol. The zero-order valence-corrected chi connectivity index (χ0v) is 18.8. The van der Waals surface area contributed by atoms with Crippen molar-refractivity contribution in [2.75, 3.05) is 4.90 Å². The van der Waals surface area contributed by atoms with Gasteiger partial charge < -0.3 is 10.1 Å². The van der Waals surface area contributed by atoms with Gasteiger partial charge in [-0.15, -0.1) is 0 Å². The maximum absolute atomic E-state index is 13.2. The summed E-state index contributed by atoms with van der Waals surface area (Å²) in [4.78, 5) is 29.1. The molecule has 2 amide bonds. The molecule has 0 atom stereocenters. The Morgan fingerprint density at radius 1 is 0.972 bits per heavy atom. The summed E-state index contributed by atoms with van der Waals surface area (Å²) in [5, 5.41) is 30.0. The molecule has 0 fully saturated rings. The Bertz CT molecular complexity index is 1510. The molecule has 3 aromatic rings. The van der Waals surface area contributed by atoms with Crippen LogP contribution in [0.5, 0.6) is 0 Å². The summed E-state index contributed by atoms with van der Waals surface area (Å²) in [6.07, 6.45) is 7.99. The summed E-state index contributed by atoms with van der Waals surface area (Å²) >= 11 is 0. The Kier molecular flexibility index (Phi) is 5.61. The number of fused-ring (bicyclic) bond motifs is 1. The van der Waals surface area contributed by atoms with E-state index in [1.807, 2.05) is 11.0 Å². The summed E-state index contributed by atoms with van der Waals surface area (Å²) in [5.41, 5.74) is 4.45. The first-order valence-corrected chi connectivity index (χ1v) is 11.0. The van der Waals surface area contributed by atoms with Gasteiger partial charge in [0.15, 0.2) is 12.4 Å². The molecule has 172 valence electrons. The number of amides is 2. The average molecular weight is 471 g/mol. The molecule has 1 aliphatic heterocycles. The van der Waals surface area contributed by atoms with E-state index >= 15 is 0 Å². The number of hydrogen-bond acceptors (Lipinski definition) is 6. The van der Waals surface area contributed by atoms with E-state index in [9.17, 15) is 25.3 Å². The van der Waals surface area contributed by atoms with Crippen LogP contribution in [0.15, 0.2) is 108 Å². The molecule has 0 radical (unpaired) electrons. The van der Waals surface area contributed by atoms with Crippen LogP contribution in [0.4, 0.5) is 11.4 Å². The number of allylic oxidation sites excluding steroid dienone is 2. The second kappa shape index (κ2) is 9.05. The lowest BCUT2D eigenvalue weighted by atomic mass is 9.97. The van der Waals surface area contributed by atoms with Gasteiger partial charge in [-0.3, -0.25) is 9.59 Å². The third-order valence-electron chi connectivity index (χ3n) is 5.91. The highest BCUT2D eigenvalue weighted by Crippen LogP contribution is 2.37. The van der Waals surface area contributed by atoms with Crippen LogP contribution in [-0.2, 0) is 4.79 Å². The van der Waals surface area contributed by atoms with Crippen LogP contribution in [0.3, 0.4) is 0 Å². The lowest BCUT2D eigenvalue weighted by Crippen LogP contribution is -2.33. The molecule has 0 bridgehead atoms. The molecular formula is C28H17N5O3. The van der Waals surface area contributed by atoms with Gasteiger partial charge in [-0.05, 0) is 72.7 Å². The van der Waals surface area contributed by atoms with Crippen LogP contribution in [0.1, 0.15) is 27.9 Å². The second-order valence-electron chi connectivity index (χ2n) is 8.13. The first-order valence-electron chi connectivity index (χ1n) is 11.0. The lowest BCUT2D eigenvalue weighted by Gasteiger charge is -2.28. The molecule has 2 aliphatic rings. The number of imide groups is 1. The van der Waals surface area contributed by atoms with Crippen LogP contribution >= 0.6 is 0 Å². The van der Waals surface area contributed by atoms with E-state index in [0.29, 0.717) is 39.1 Å². The zero-order valence-electron chi connectivity index (χ0n) is 18.8. The lowest BCUT2D eigenvalue weighted by molar-refractivity contribution is -0.605. The quantitative estimate of drug-likeness (QED) is 0.323. The van der Waals surface area contributed by atoms with Gasteiger partial charge in [0.1, 0.15) is 5.56 Å². The van der Waals surface area contributed by atoms with Crippen LogP contribution in [0.25, 0.3) is 0 Å². The fourth-order valence-electron chi connectivity index (χ4n) is 4.13. The summed E-state index contributed by atoms with van der Waals surface area (Å²) < 4.78 is 0.514. The van der Waals surface area contributed by atoms with Crippen molar-refractivity contribution in [1.82, 2.24) is 4.90 Å².